The largest absolute Gasteiger partial charge is 0.497 e. The molecule has 0 saturated heterocycles. The Morgan fingerprint density at radius 3 is 2.38 bits per heavy atom. The van der Waals surface area contributed by atoms with Crippen molar-refractivity contribution in [2.45, 2.75) is 0 Å². The van der Waals surface area contributed by atoms with E-state index in [0.717, 1.165) is 0 Å². The van der Waals surface area contributed by atoms with Gasteiger partial charge in [-0.05, 0) is 18.1 Å². The van der Waals surface area contributed by atoms with Crippen LogP contribution in [0.1, 0.15) is 21.6 Å². The van der Waals surface area contributed by atoms with Crippen LogP contribution in [0, 0.1) is 11.8 Å². The van der Waals surface area contributed by atoms with E-state index < -0.39 is 5.91 Å². The van der Waals surface area contributed by atoms with Crippen molar-refractivity contribution in [3.8, 4) is 23.3 Å². The number of methoxy groups -OCH3 is 2. The summed E-state index contributed by atoms with van der Waals surface area (Å²) in [7, 11) is 3.11. The zero-order chi connectivity index (χ0) is 15.2. The van der Waals surface area contributed by atoms with Gasteiger partial charge in [-0.25, -0.2) is 9.97 Å². The highest BCUT2D eigenvalue weighted by atomic mass is 16.5. The van der Waals surface area contributed by atoms with Crippen molar-refractivity contribution in [2.75, 3.05) is 14.2 Å². The van der Waals surface area contributed by atoms with E-state index in [0.29, 0.717) is 17.1 Å². The van der Waals surface area contributed by atoms with E-state index in [1.807, 2.05) is 0 Å². The normalized spacial score (nSPS) is 9.43. The fourth-order valence-corrected chi connectivity index (χ4v) is 1.62. The number of hydrogen-bond acceptors (Lipinski definition) is 5. The number of aromatic nitrogens is 2. The quantitative estimate of drug-likeness (QED) is 0.849. The molecule has 2 aromatic rings. The fourth-order valence-electron chi connectivity index (χ4n) is 1.62. The van der Waals surface area contributed by atoms with Crippen LogP contribution in [0.15, 0.2) is 30.7 Å². The standard InChI is InChI=1S/C15H13N3O3/c1-20-11-5-10(6-12(7-11)21-2)3-4-14-13(15(16)19)8-17-9-18-14/h5-9H,1-2H3,(H2,16,19). The van der Waals surface area contributed by atoms with E-state index in [1.165, 1.54) is 12.5 Å². The van der Waals surface area contributed by atoms with Crippen molar-refractivity contribution in [1.82, 2.24) is 9.97 Å². The molecule has 2 rings (SSSR count). The summed E-state index contributed by atoms with van der Waals surface area (Å²) in [4.78, 5) is 19.0. The number of primary amides is 1. The smallest absolute Gasteiger partial charge is 0.253 e. The third kappa shape index (κ3) is 3.48. The summed E-state index contributed by atoms with van der Waals surface area (Å²) in [6.45, 7) is 0. The number of rotatable bonds is 3. The van der Waals surface area contributed by atoms with Crippen molar-refractivity contribution in [3.63, 3.8) is 0 Å². The topological polar surface area (TPSA) is 87.3 Å². The summed E-state index contributed by atoms with van der Waals surface area (Å²) < 4.78 is 10.3. The predicted octanol–water partition coefficient (Wildman–Crippen LogP) is 0.992. The molecule has 6 nitrogen and oxygen atoms in total. The third-order valence-corrected chi connectivity index (χ3v) is 2.65. The van der Waals surface area contributed by atoms with Gasteiger partial charge in [0.1, 0.15) is 23.5 Å². The molecule has 106 valence electrons. The van der Waals surface area contributed by atoms with E-state index in [1.54, 1.807) is 32.4 Å². The molecule has 0 radical (unpaired) electrons. The van der Waals surface area contributed by atoms with Crippen LogP contribution in [0.2, 0.25) is 0 Å². The van der Waals surface area contributed by atoms with Crippen molar-refractivity contribution < 1.29 is 14.3 Å². The Balaban J connectivity index is 2.42. The van der Waals surface area contributed by atoms with Gasteiger partial charge in [0.15, 0.2) is 0 Å². The second-order valence-electron chi connectivity index (χ2n) is 4.00. The molecule has 1 amide bonds. The van der Waals surface area contributed by atoms with Crippen LogP contribution in [0.25, 0.3) is 0 Å². The summed E-state index contributed by atoms with van der Waals surface area (Å²) in [5.74, 6) is 6.32. The summed E-state index contributed by atoms with van der Waals surface area (Å²) in [5.41, 5.74) is 6.37. The molecular formula is C15H13N3O3. The van der Waals surface area contributed by atoms with Gasteiger partial charge in [-0.2, -0.15) is 0 Å². The zero-order valence-corrected chi connectivity index (χ0v) is 11.6. The molecular weight excluding hydrogens is 270 g/mol. The van der Waals surface area contributed by atoms with Gasteiger partial charge in [-0.15, -0.1) is 0 Å². The fraction of sp³-hybridized carbons (Fsp3) is 0.133. The third-order valence-electron chi connectivity index (χ3n) is 2.65. The Kier molecular flexibility index (Phi) is 4.36. The number of amides is 1. The molecule has 0 aliphatic carbocycles. The molecule has 0 fully saturated rings. The van der Waals surface area contributed by atoms with Crippen LogP contribution < -0.4 is 15.2 Å². The molecule has 0 saturated carbocycles. The molecule has 6 heteroatoms. The van der Waals surface area contributed by atoms with Gasteiger partial charge >= 0.3 is 0 Å². The van der Waals surface area contributed by atoms with E-state index >= 15 is 0 Å². The molecule has 0 atom stereocenters. The second kappa shape index (κ2) is 6.39. The molecule has 0 unspecified atom stereocenters. The minimum absolute atomic E-state index is 0.180. The average molecular weight is 283 g/mol. The second-order valence-corrected chi connectivity index (χ2v) is 4.00. The summed E-state index contributed by atoms with van der Waals surface area (Å²) in [6.07, 6.45) is 2.65. The highest BCUT2D eigenvalue weighted by Crippen LogP contribution is 2.21. The van der Waals surface area contributed by atoms with Gasteiger partial charge in [0.05, 0.1) is 19.8 Å². The molecule has 21 heavy (non-hydrogen) atoms. The first-order valence-corrected chi connectivity index (χ1v) is 5.99. The Bertz CT molecular complexity index is 710. The lowest BCUT2D eigenvalue weighted by Gasteiger charge is -2.04. The van der Waals surface area contributed by atoms with Gasteiger partial charge in [-0.3, -0.25) is 4.79 Å². The van der Waals surface area contributed by atoms with Crippen LogP contribution in [0.5, 0.6) is 11.5 Å². The first-order chi connectivity index (χ1) is 10.1. The summed E-state index contributed by atoms with van der Waals surface area (Å²) in [6, 6.07) is 5.24. The number of carbonyl (C=O) groups is 1. The zero-order valence-electron chi connectivity index (χ0n) is 11.6. The van der Waals surface area contributed by atoms with Gasteiger partial charge in [-0.1, -0.05) is 5.92 Å². The molecule has 0 bridgehead atoms. The van der Waals surface area contributed by atoms with Gasteiger partial charge < -0.3 is 15.2 Å². The molecule has 1 aromatic carbocycles. The van der Waals surface area contributed by atoms with Gasteiger partial charge in [0.25, 0.3) is 5.91 Å². The highest BCUT2D eigenvalue weighted by molar-refractivity contribution is 5.94. The average Bonchev–Trinajstić information content (AvgIpc) is 2.52. The maximum absolute atomic E-state index is 11.3. The Morgan fingerprint density at radius 1 is 1.14 bits per heavy atom. The first kappa shape index (κ1) is 14.3. The van der Waals surface area contributed by atoms with Crippen molar-refractivity contribution in [3.05, 3.63) is 47.5 Å². The Hall–Kier alpha value is -3.07. The Labute approximate surface area is 121 Å². The predicted molar refractivity (Wildman–Crippen MR) is 76.1 cm³/mol. The Morgan fingerprint density at radius 2 is 1.81 bits per heavy atom. The minimum atomic E-state index is -0.622. The molecule has 0 aliphatic heterocycles. The molecule has 0 aliphatic rings. The number of carbonyl (C=O) groups excluding carboxylic acids is 1. The van der Waals surface area contributed by atoms with Crippen LogP contribution in [-0.2, 0) is 0 Å². The van der Waals surface area contributed by atoms with Crippen LogP contribution in [0.4, 0.5) is 0 Å². The lowest BCUT2D eigenvalue weighted by molar-refractivity contribution is 0.0999. The summed E-state index contributed by atoms with van der Waals surface area (Å²) in [5, 5.41) is 0. The molecule has 1 heterocycles. The number of nitrogens with two attached hydrogens (primary N) is 1. The van der Waals surface area contributed by atoms with E-state index in [-0.39, 0.29) is 11.3 Å². The minimum Gasteiger partial charge on any atom is -0.497 e. The van der Waals surface area contributed by atoms with Crippen LogP contribution >= 0.6 is 0 Å². The number of benzene rings is 1. The SMILES string of the molecule is COc1cc(C#Cc2ncncc2C(N)=O)cc(OC)c1. The van der Waals surface area contributed by atoms with Crippen molar-refractivity contribution in [1.29, 1.82) is 0 Å². The lowest BCUT2D eigenvalue weighted by Crippen LogP contribution is -2.14. The van der Waals surface area contributed by atoms with Crippen LogP contribution in [0.3, 0.4) is 0 Å². The van der Waals surface area contributed by atoms with Gasteiger partial charge in [0, 0.05) is 17.8 Å². The van der Waals surface area contributed by atoms with Gasteiger partial charge in [0.2, 0.25) is 0 Å². The highest BCUT2D eigenvalue weighted by Gasteiger charge is 2.07. The number of nitrogens with zero attached hydrogens (tertiary/aromatic N) is 2. The maximum atomic E-state index is 11.3. The van der Waals surface area contributed by atoms with E-state index in [9.17, 15) is 4.79 Å². The maximum Gasteiger partial charge on any atom is 0.253 e. The number of hydrogen-bond donors (Lipinski definition) is 1. The monoisotopic (exact) mass is 283 g/mol. The van der Waals surface area contributed by atoms with Crippen LogP contribution in [-0.4, -0.2) is 30.1 Å². The lowest BCUT2D eigenvalue weighted by atomic mass is 10.1. The van der Waals surface area contributed by atoms with Crippen molar-refractivity contribution in [2.24, 2.45) is 5.73 Å². The first-order valence-electron chi connectivity index (χ1n) is 5.99. The van der Waals surface area contributed by atoms with Crippen molar-refractivity contribution >= 4 is 5.91 Å². The summed E-state index contributed by atoms with van der Waals surface area (Å²) >= 11 is 0. The molecule has 0 spiro atoms. The van der Waals surface area contributed by atoms with E-state index in [2.05, 4.69) is 21.8 Å². The number of ether oxygens (including phenoxy) is 2. The molecule has 1 aromatic heterocycles. The molecule has 2 N–H and O–H groups in total. The van der Waals surface area contributed by atoms with E-state index in [4.69, 9.17) is 15.2 Å².